The number of ether oxygens (including phenoxy) is 2. The van der Waals surface area contributed by atoms with E-state index in [0.29, 0.717) is 26.1 Å². The van der Waals surface area contributed by atoms with E-state index in [4.69, 9.17) is 9.47 Å². The van der Waals surface area contributed by atoms with Crippen LogP contribution in [0.1, 0.15) is 39.7 Å². The monoisotopic (exact) mass is 346 g/mol. The average molecular weight is 346 g/mol. The highest BCUT2D eigenvalue weighted by atomic mass is 16.6. The molecular weight excluding hydrogens is 320 g/mol. The number of esters is 1. The fourth-order valence-electron chi connectivity index (χ4n) is 2.43. The first-order valence-corrected chi connectivity index (χ1v) is 8.50. The molecule has 0 spiro atoms. The minimum absolute atomic E-state index is 0.195. The molecule has 0 radical (unpaired) electrons. The summed E-state index contributed by atoms with van der Waals surface area (Å²) in [7, 11) is 0. The van der Waals surface area contributed by atoms with Crippen LogP contribution in [0.15, 0.2) is 30.5 Å². The normalized spacial score (nSPS) is 11.5. The predicted molar refractivity (Wildman–Crippen MR) is 96.5 cm³/mol. The first kappa shape index (κ1) is 19.0. The molecule has 0 aliphatic carbocycles. The maximum absolute atomic E-state index is 12.2. The molecule has 1 heterocycles. The summed E-state index contributed by atoms with van der Waals surface area (Å²) in [5.74, 6) is -0.195. The molecule has 25 heavy (non-hydrogen) atoms. The number of nitrogens with one attached hydrogen (secondary N) is 1. The summed E-state index contributed by atoms with van der Waals surface area (Å²) in [5, 5.41) is 4.19. The summed E-state index contributed by atoms with van der Waals surface area (Å²) in [5.41, 5.74) is 1.36. The second kappa shape index (κ2) is 8.16. The van der Waals surface area contributed by atoms with Crippen LogP contribution in [0.2, 0.25) is 0 Å². The van der Waals surface area contributed by atoms with Crippen LogP contribution in [0, 0.1) is 0 Å². The van der Waals surface area contributed by atoms with Crippen molar-refractivity contribution in [3.63, 3.8) is 0 Å². The predicted octanol–water partition coefficient (Wildman–Crippen LogP) is 3.47. The Bertz CT molecular complexity index is 743. The third-order valence-electron chi connectivity index (χ3n) is 3.49. The smallest absolute Gasteiger partial charge is 0.418 e. The van der Waals surface area contributed by atoms with Gasteiger partial charge in [0.25, 0.3) is 0 Å². The van der Waals surface area contributed by atoms with Crippen molar-refractivity contribution >= 4 is 23.0 Å². The van der Waals surface area contributed by atoms with Crippen LogP contribution in [-0.2, 0) is 20.8 Å². The van der Waals surface area contributed by atoms with Gasteiger partial charge in [-0.05, 0) is 51.5 Å². The molecule has 0 aliphatic heterocycles. The lowest BCUT2D eigenvalue weighted by atomic mass is 10.1. The van der Waals surface area contributed by atoms with E-state index in [9.17, 15) is 9.59 Å². The minimum atomic E-state index is -0.531. The van der Waals surface area contributed by atoms with Gasteiger partial charge in [0, 0.05) is 24.7 Å². The van der Waals surface area contributed by atoms with Gasteiger partial charge in [-0.15, -0.1) is 0 Å². The van der Waals surface area contributed by atoms with Crippen molar-refractivity contribution in [2.75, 3.05) is 13.2 Å². The summed E-state index contributed by atoms with van der Waals surface area (Å²) in [6, 6.07) is 7.77. The molecule has 136 valence electrons. The van der Waals surface area contributed by atoms with Gasteiger partial charge in [0.2, 0.25) is 0 Å². The molecule has 0 bridgehead atoms. The van der Waals surface area contributed by atoms with E-state index >= 15 is 0 Å². The Balaban J connectivity index is 1.97. The Hall–Kier alpha value is -2.34. The second-order valence-electron chi connectivity index (χ2n) is 6.79. The molecule has 0 saturated carbocycles. The van der Waals surface area contributed by atoms with Crippen molar-refractivity contribution in [3.8, 4) is 0 Å². The zero-order valence-corrected chi connectivity index (χ0v) is 15.3. The Morgan fingerprint density at radius 2 is 1.96 bits per heavy atom. The lowest BCUT2D eigenvalue weighted by molar-refractivity contribution is -0.142. The van der Waals surface area contributed by atoms with Crippen molar-refractivity contribution in [1.29, 1.82) is 0 Å². The molecule has 1 aromatic heterocycles. The van der Waals surface area contributed by atoms with Gasteiger partial charge in [-0.1, -0.05) is 6.07 Å². The molecule has 0 fully saturated rings. The first-order chi connectivity index (χ1) is 11.8. The number of hydrogen-bond acceptors (Lipinski definition) is 5. The number of carbonyl (C=O) groups is 2. The van der Waals surface area contributed by atoms with Gasteiger partial charge in [0.15, 0.2) is 0 Å². The van der Waals surface area contributed by atoms with Crippen LogP contribution in [0.5, 0.6) is 0 Å². The van der Waals surface area contributed by atoms with Gasteiger partial charge in [-0.3, -0.25) is 9.36 Å². The highest BCUT2D eigenvalue weighted by Gasteiger charge is 2.18. The number of aromatic nitrogens is 1. The number of hydrogen-bond donors (Lipinski definition) is 1. The highest BCUT2D eigenvalue weighted by Crippen LogP contribution is 2.19. The Kier molecular flexibility index (Phi) is 6.20. The van der Waals surface area contributed by atoms with Gasteiger partial charge in [-0.2, -0.15) is 0 Å². The minimum Gasteiger partial charge on any atom is -0.466 e. The molecule has 1 N–H and O–H groups in total. The van der Waals surface area contributed by atoms with Gasteiger partial charge in [0.05, 0.1) is 18.5 Å². The van der Waals surface area contributed by atoms with Crippen molar-refractivity contribution in [2.24, 2.45) is 0 Å². The topological polar surface area (TPSA) is 69.6 Å². The van der Waals surface area contributed by atoms with E-state index in [0.717, 1.165) is 16.5 Å². The maximum atomic E-state index is 12.2. The molecule has 1 aromatic carbocycles. The van der Waals surface area contributed by atoms with Crippen LogP contribution >= 0.6 is 0 Å². The zero-order valence-electron chi connectivity index (χ0n) is 15.3. The van der Waals surface area contributed by atoms with E-state index in [-0.39, 0.29) is 12.1 Å². The standard InChI is InChI=1S/C19H26N2O4/c1-5-24-17(22)8-10-20-13-14-6-7-16-15(12-14)9-11-21(16)18(23)25-19(2,3)4/h6-7,9,11-12,20H,5,8,10,13H2,1-4H3. The van der Waals surface area contributed by atoms with Crippen molar-refractivity contribution in [3.05, 3.63) is 36.0 Å². The largest absolute Gasteiger partial charge is 0.466 e. The molecule has 6 heteroatoms. The SMILES string of the molecule is CCOC(=O)CCNCc1ccc2c(ccn2C(=O)OC(C)(C)C)c1. The van der Waals surface area contributed by atoms with Crippen LogP contribution < -0.4 is 5.32 Å². The number of rotatable bonds is 6. The maximum Gasteiger partial charge on any atom is 0.418 e. The lowest BCUT2D eigenvalue weighted by Crippen LogP contribution is -2.26. The third-order valence-corrected chi connectivity index (χ3v) is 3.49. The summed E-state index contributed by atoms with van der Waals surface area (Å²) < 4.78 is 11.8. The quantitative estimate of drug-likeness (QED) is 0.641. The van der Waals surface area contributed by atoms with Crippen molar-refractivity contribution < 1.29 is 19.1 Å². The molecule has 0 aliphatic rings. The number of nitrogens with zero attached hydrogens (tertiary/aromatic N) is 1. The number of benzene rings is 1. The van der Waals surface area contributed by atoms with Crippen LogP contribution in [0.3, 0.4) is 0 Å². The molecule has 2 aromatic rings. The van der Waals surface area contributed by atoms with Gasteiger partial charge in [-0.25, -0.2) is 4.79 Å². The van der Waals surface area contributed by atoms with Crippen molar-refractivity contribution in [1.82, 2.24) is 9.88 Å². The van der Waals surface area contributed by atoms with E-state index in [2.05, 4.69) is 5.32 Å². The molecule has 0 saturated heterocycles. The Morgan fingerprint density at radius 1 is 1.20 bits per heavy atom. The fourth-order valence-corrected chi connectivity index (χ4v) is 2.43. The van der Waals surface area contributed by atoms with Gasteiger partial charge >= 0.3 is 12.1 Å². The molecule has 0 amide bonds. The average Bonchev–Trinajstić information content (AvgIpc) is 2.93. The van der Waals surface area contributed by atoms with Crippen LogP contribution in [-0.4, -0.2) is 35.4 Å². The van der Waals surface area contributed by atoms with E-state index in [1.54, 1.807) is 13.1 Å². The highest BCUT2D eigenvalue weighted by molar-refractivity contribution is 5.89. The molecular formula is C19H26N2O4. The fraction of sp³-hybridized carbons (Fsp3) is 0.474. The molecule has 0 unspecified atom stereocenters. The third kappa shape index (κ3) is 5.60. The Morgan fingerprint density at radius 3 is 2.64 bits per heavy atom. The zero-order chi connectivity index (χ0) is 18.4. The van der Waals surface area contributed by atoms with E-state index in [1.165, 1.54) is 4.57 Å². The first-order valence-electron chi connectivity index (χ1n) is 8.50. The van der Waals surface area contributed by atoms with Crippen LogP contribution in [0.25, 0.3) is 10.9 Å². The van der Waals surface area contributed by atoms with Gasteiger partial charge in [0.1, 0.15) is 5.60 Å². The van der Waals surface area contributed by atoms with E-state index in [1.807, 2.05) is 45.0 Å². The summed E-state index contributed by atoms with van der Waals surface area (Å²) in [6.45, 7) is 8.95. The summed E-state index contributed by atoms with van der Waals surface area (Å²) >= 11 is 0. The summed E-state index contributed by atoms with van der Waals surface area (Å²) in [6.07, 6.45) is 1.68. The Labute approximate surface area is 148 Å². The second-order valence-corrected chi connectivity index (χ2v) is 6.79. The van der Waals surface area contributed by atoms with Crippen LogP contribution in [0.4, 0.5) is 4.79 Å². The van der Waals surface area contributed by atoms with Crippen molar-refractivity contribution in [2.45, 2.75) is 46.3 Å². The van der Waals surface area contributed by atoms with E-state index < -0.39 is 5.60 Å². The lowest BCUT2D eigenvalue weighted by Gasteiger charge is -2.19. The molecule has 6 nitrogen and oxygen atoms in total. The molecule has 0 atom stereocenters. The number of carbonyl (C=O) groups excluding carboxylic acids is 2. The van der Waals surface area contributed by atoms with Gasteiger partial charge < -0.3 is 14.8 Å². The molecule has 2 rings (SSSR count). The number of fused-ring (bicyclic) bond motifs is 1. The summed E-state index contributed by atoms with van der Waals surface area (Å²) in [4.78, 5) is 23.5.